The third-order valence-corrected chi connectivity index (χ3v) is 3.15. The van der Waals surface area contributed by atoms with Crippen LogP contribution in [0.4, 0.5) is 0 Å². The van der Waals surface area contributed by atoms with Gasteiger partial charge in [-0.05, 0) is 33.1 Å². The number of amides is 3. The van der Waals surface area contributed by atoms with Gasteiger partial charge in [-0.25, -0.2) is 0 Å². The summed E-state index contributed by atoms with van der Waals surface area (Å²) in [5, 5.41) is 8.42. The van der Waals surface area contributed by atoms with Gasteiger partial charge in [0.05, 0.1) is 0 Å². The van der Waals surface area contributed by atoms with Crippen LogP contribution in [-0.4, -0.2) is 36.3 Å². The van der Waals surface area contributed by atoms with Gasteiger partial charge in [0.2, 0.25) is 17.7 Å². The molecule has 24 heavy (non-hydrogen) atoms. The molecule has 0 aromatic rings. The second kappa shape index (κ2) is 15.0. The third-order valence-electron chi connectivity index (χ3n) is 3.15. The fourth-order valence-corrected chi connectivity index (χ4v) is 1.84. The lowest BCUT2D eigenvalue weighted by molar-refractivity contribution is -0.129. The Labute approximate surface area is 147 Å². The van der Waals surface area contributed by atoms with Gasteiger partial charge in [0.25, 0.3) is 0 Å². The zero-order valence-corrected chi connectivity index (χ0v) is 16.5. The predicted octanol–water partition coefficient (Wildman–Crippen LogP) is 2.37. The lowest BCUT2D eigenvalue weighted by Gasteiger charge is -2.19. The molecule has 0 bridgehead atoms. The summed E-state index contributed by atoms with van der Waals surface area (Å²) in [6, 6.07) is -0.463. The van der Waals surface area contributed by atoms with E-state index < -0.39 is 6.04 Å². The van der Waals surface area contributed by atoms with Crippen LogP contribution in [-0.2, 0) is 14.4 Å². The van der Waals surface area contributed by atoms with Gasteiger partial charge in [-0.1, -0.05) is 34.6 Å². The monoisotopic (exact) mass is 343 g/mol. The van der Waals surface area contributed by atoms with Crippen LogP contribution in [0, 0.1) is 5.92 Å². The summed E-state index contributed by atoms with van der Waals surface area (Å²) in [7, 11) is 0. The Morgan fingerprint density at radius 3 is 1.92 bits per heavy atom. The fourth-order valence-electron chi connectivity index (χ4n) is 1.84. The highest BCUT2D eigenvalue weighted by molar-refractivity contribution is 5.87. The van der Waals surface area contributed by atoms with Gasteiger partial charge >= 0.3 is 0 Å². The van der Waals surface area contributed by atoms with Crippen LogP contribution in [0.25, 0.3) is 0 Å². The molecule has 0 spiro atoms. The zero-order valence-electron chi connectivity index (χ0n) is 16.5. The number of carbonyl (C=O) groups is 3. The average molecular weight is 344 g/mol. The fraction of sp³-hybridized carbons (Fsp3) is 0.833. The number of hydrogen-bond acceptors (Lipinski definition) is 3. The van der Waals surface area contributed by atoms with Gasteiger partial charge in [-0.15, -0.1) is 0 Å². The van der Waals surface area contributed by atoms with Crippen molar-refractivity contribution < 1.29 is 14.4 Å². The van der Waals surface area contributed by atoms with E-state index in [4.69, 9.17) is 0 Å². The topological polar surface area (TPSA) is 87.3 Å². The molecule has 6 nitrogen and oxygen atoms in total. The van der Waals surface area contributed by atoms with E-state index in [1.54, 1.807) is 6.92 Å². The Balaban J connectivity index is 0. The number of rotatable bonds is 10. The van der Waals surface area contributed by atoms with Crippen LogP contribution in [0.5, 0.6) is 0 Å². The largest absolute Gasteiger partial charge is 0.356 e. The molecule has 0 fully saturated rings. The summed E-state index contributed by atoms with van der Waals surface area (Å²) < 4.78 is 0. The van der Waals surface area contributed by atoms with Crippen molar-refractivity contribution in [3.8, 4) is 0 Å². The SMILES string of the molecule is CC.CCC(=O)NC(CCCCNC(=O)C(C)C)C(=O)NC(C)C. The van der Waals surface area contributed by atoms with E-state index in [1.807, 2.05) is 41.5 Å². The van der Waals surface area contributed by atoms with E-state index in [0.29, 0.717) is 19.4 Å². The van der Waals surface area contributed by atoms with E-state index in [0.717, 1.165) is 12.8 Å². The van der Waals surface area contributed by atoms with Crippen molar-refractivity contribution in [2.45, 2.75) is 86.2 Å². The first kappa shape index (κ1) is 24.7. The second-order valence-corrected chi connectivity index (χ2v) is 6.08. The summed E-state index contributed by atoms with van der Waals surface area (Å²) in [6.07, 6.45) is 2.47. The zero-order chi connectivity index (χ0) is 19.1. The van der Waals surface area contributed by atoms with E-state index >= 15 is 0 Å². The Morgan fingerprint density at radius 2 is 1.46 bits per heavy atom. The summed E-state index contributed by atoms with van der Waals surface area (Å²) in [4.78, 5) is 35.0. The Hall–Kier alpha value is -1.59. The highest BCUT2D eigenvalue weighted by Gasteiger charge is 2.20. The molecule has 1 atom stereocenters. The van der Waals surface area contributed by atoms with Gasteiger partial charge in [0, 0.05) is 24.9 Å². The quantitative estimate of drug-likeness (QED) is 0.532. The van der Waals surface area contributed by atoms with Crippen molar-refractivity contribution in [1.29, 1.82) is 0 Å². The molecule has 0 aliphatic heterocycles. The maximum atomic E-state index is 12.1. The molecule has 0 aromatic carbocycles. The molecule has 0 saturated heterocycles. The number of nitrogens with one attached hydrogen (secondary N) is 3. The minimum atomic E-state index is -0.504. The molecular formula is C18H37N3O3. The molecule has 0 heterocycles. The maximum Gasteiger partial charge on any atom is 0.242 e. The minimum Gasteiger partial charge on any atom is -0.356 e. The first-order chi connectivity index (χ1) is 11.3. The summed E-state index contributed by atoms with van der Waals surface area (Å²) in [5.74, 6) is -0.262. The van der Waals surface area contributed by atoms with Crippen molar-refractivity contribution >= 4 is 17.7 Å². The molecule has 6 heteroatoms. The first-order valence-electron chi connectivity index (χ1n) is 9.15. The Kier molecular flexibility index (Phi) is 15.4. The van der Waals surface area contributed by atoms with E-state index in [2.05, 4.69) is 16.0 Å². The summed E-state index contributed by atoms with van der Waals surface area (Å²) in [5.41, 5.74) is 0. The van der Waals surface area contributed by atoms with Crippen LogP contribution in [0.1, 0.15) is 74.1 Å². The normalized spacial score (nSPS) is 11.4. The van der Waals surface area contributed by atoms with Gasteiger partial charge in [0.15, 0.2) is 0 Å². The Bertz CT molecular complexity index is 369. The lowest BCUT2D eigenvalue weighted by atomic mass is 10.1. The molecule has 0 rings (SSSR count). The molecule has 142 valence electrons. The highest BCUT2D eigenvalue weighted by Crippen LogP contribution is 2.03. The minimum absolute atomic E-state index is 0.0200. The van der Waals surface area contributed by atoms with Crippen molar-refractivity contribution in [2.75, 3.05) is 6.54 Å². The van der Waals surface area contributed by atoms with Crippen molar-refractivity contribution in [3.63, 3.8) is 0 Å². The molecule has 0 aliphatic rings. The van der Waals surface area contributed by atoms with Crippen LogP contribution >= 0.6 is 0 Å². The highest BCUT2D eigenvalue weighted by atomic mass is 16.2. The predicted molar refractivity (Wildman–Crippen MR) is 98.5 cm³/mol. The number of unbranched alkanes of at least 4 members (excludes halogenated alkanes) is 1. The molecule has 0 aromatic heterocycles. The van der Waals surface area contributed by atoms with Crippen LogP contribution in [0.15, 0.2) is 0 Å². The molecule has 0 saturated carbocycles. The van der Waals surface area contributed by atoms with Crippen LogP contribution < -0.4 is 16.0 Å². The van der Waals surface area contributed by atoms with Crippen molar-refractivity contribution in [2.24, 2.45) is 5.92 Å². The molecular weight excluding hydrogens is 306 g/mol. The standard InChI is InChI=1S/C16H31N3O3.C2H6/c1-6-14(20)19-13(16(22)18-12(4)5)9-7-8-10-17-15(21)11(2)3;1-2/h11-13H,6-10H2,1-5H3,(H,17,21)(H,18,22)(H,19,20);1-2H3. The molecule has 3 N–H and O–H groups in total. The first-order valence-corrected chi connectivity index (χ1v) is 9.15. The van der Waals surface area contributed by atoms with Gasteiger partial charge in [0.1, 0.15) is 6.04 Å². The van der Waals surface area contributed by atoms with Crippen molar-refractivity contribution in [1.82, 2.24) is 16.0 Å². The number of hydrogen-bond donors (Lipinski definition) is 3. The van der Waals surface area contributed by atoms with E-state index in [9.17, 15) is 14.4 Å². The van der Waals surface area contributed by atoms with E-state index in [1.165, 1.54) is 0 Å². The summed E-state index contributed by atoms with van der Waals surface area (Å²) in [6.45, 7) is 13.8. The van der Waals surface area contributed by atoms with Crippen molar-refractivity contribution in [3.05, 3.63) is 0 Å². The molecule has 3 amide bonds. The van der Waals surface area contributed by atoms with E-state index in [-0.39, 0.29) is 29.7 Å². The molecule has 1 unspecified atom stereocenters. The Morgan fingerprint density at radius 1 is 0.875 bits per heavy atom. The summed E-state index contributed by atoms with van der Waals surface area (Å²) >= 11 is 0. The smallest absolute Gasteiger partial charge is 0.242 e. The molecule has 0 aliphatic carbocycles. The van der Waals surface area contributed by atoms with Gasteiger partial charge in [-0.3, -0.25) is 14.4 Å². The second-order valence-electron chi connectivity index (χ2n) is 6.08. The number of carbonyl (C=O) groups excluding carboxylic acids is 3. The lowest BCUT2D eigenvalue weighted by Crippen LogP contribution is -2.48. The maximum absolute atomic E-state index is 12.1. The molecule has 0 radical (unpaired) electrons. The van der Waals surface area contributed by atoms with Gasteiger partial charge in [-0.2, -0.15) is 0 Å². The van der Waals surface area contributed by atoms with Crippen LogP contribution in [0.3, 0.4) is 0 Å². The van der Waals surface area contributed by atoms with Gasteiger partial charge < -0.3 is 16.0 Å². The average Bonchev–Trinajstić information content (AvgIpc) is 2.53. The van der Waals surface area contributed by atoms with Crippen LogP contribution in [0.2, 0.25) is 0 Å². The third kappa shape index (κ3) is 12.9.